The van der Waals surface area contributed by atoms with E-state index in [0.717, 1.165) is 0 Å². The molecule has 4 heteroatoms. The summed E-state index contributed by atoms with van der Waals surface area (Å²) in [6, 6.07) is 5.29. The molecule has 0 bridgehead atoms. The van der Waals surface area contributed by atoms with Crippen molar-refractivity contribution in [2.45, 2.75) is 20.8 Å². The first-order chi connectivity index (χ1) is 7.72. The van der Waals surface area contributed by atoms with Crippen LogP contribution in [0.5, 0.6) is 0 Å². The minimum absolute atomic E-state index is 0.149. The number of nitrogens with one attached hydrogen (secondary N) is 1. The van der Waals surface area contributed by atoms with E-state index in [4.69, 9.17) is 4.42 Å². The van der Waals surface area contributed by atoms with Crippen molar-refractivity contribution in [3.05, 3.63) is 29.7 Å². The van der Waals surface area contributed by atoms with Crippen molar-refractivity contribution in [2.75, 3.05) is 7.05 Å². The zero-order valence-electron chi connectivity index (χ0n) is 10.00. The molecule has 4 nitrogen and oxygen atoms in total. The van der Waals surface area contributed by atoms with E-state index in [9.17, 15) is 4.79 Å². The van der Waals surface area contributed by atoms with Gasteiger partial charge in [0.1, 0.15) is 5.52 Å². The van der Waals surface area contributed by atoms with Gasteiger partial charge in [0.05, 0.1) is 5.56 Å². The Morgan fingerprint density at radius 3 is 2.69 bits per heavy atom. The Bertz CT molecular complexity index is 489. The van der Waals surface area contributed by atoms with Crippen LogP contribution in [0, 0.1) is 6.92 Å². The second-order valence-corrected chi connectivity index (χ2v) is 2.96. The van der Waals surface area contributed by atoms with E-state index >= 15 is 0 Å². The lowest BCUT2D eigenvalue weighted by molar-refractivity contribution is 0.0964. The molecule has 0 atom stereocenters. The molecule has 0 aliphatic carbocycles. The maximum absolute atomic E-state index is 11.4. The minimum Gasteiger partial charge on any atom is -0.441 e. The first-order valence-corrected chi connectivity index (χ1v) is 5.30. The predicted octanol–water partition coefficient (Wildman–Crippen LogP) is 2.52. The molecule has 0 aliphatic rings. The van der Waals surface area contributed by atoms with Gasteiger partial charge in [0, 0.05) is 14.0 Å². The number of hydrogen-bond acceptors (Lipinski definition) is 3. The summed E-state index contributed by atoms with van der Waals surface area (Å²) >= 11 is 0. The number of fused-ring (bicyclic) bond motifs is 1. The monoisotopic (exact) mass is 220 g/mol. The molecule has 2 rings (SSSR count). The number of para-hydroxylation sites is 1. The van der Waals surface area contributed by atoms with Crippen molar-refractivity contribution in [2.24, 2.45) is 0 Å². The van der Waals surface area contributed by atoms with Crippen molar-refractivity contribution < 1.29 is 9.21 Å². The van der Waals surface area contributed by atoms with Crippen molar-refractivity contribution in [1.82, 2.24) is 10.3 Å². The number of carbonyl (C=O) groups excluding carboxylic acids is 1. The predicted molar refractivity (Wildman–Crippen MR) is 63.5 cm³/mol. The summed E-state index contributed by atoms with van der Waals surface area (Å²) in [4.78, 5) is 15.6. The van der Waals surface area contributed by atoms with Crippen LogP contribution in [0.4, 0.5) is 0 Å². The second kappa shape index (κ2) is 5.30. The maximum atomic E-state index is 11.4. The first kappa shape index (κ1) is 12.2. The highest BCUT2D eigenvalue weighted by molar-refractivity contribution is 6.04. The molecule has 0 fully saturated rings. The summed E-state index contributed by atoms with van der Waals surface area (Å²) < 4.78 is 5.31. The fourth-order valence-corrected chi connectivity index (χ4v) is 1.38. The fourth-order valence-electron chi connectivity index (χ4n) is 1.38. The number of oxazole rings is 1. The van der Waals surface area contributed by atoms with Crippen LogP contribution in [0.3, 0.4) is 0 Å². The van der Waals surface area contributed by atoms with Crippen LogP contribution in [-0.2, 0) is 0 Å². The summed E-state index contributed by atoms with van der Waals surface area (Å²) in [5, 5.41) is 2.56. The number of aromatic nitrogens is 1. The van der Waals surface area contributed by atoms with Gasteiger partial charge in [-0.05, 0) is 12.1 Å². The lowest BCUT2D eigenvalue weighted by Gasteiger charge is -1.98. The molecular formula is C12H16N2O2. The number of nitrogens with zero attached hydrogens (tertiary/aromatic N) is 1. The quantitative estimate of drug-likeness (QED) is 0.803. The third-order valence-electron chi connectivity index (χ3n) is 2.00. The van der Waals surface area contributed by atoms with Gasteiger partial charge in [-0.3, -0.25) is 4.79 Å². The third-order valence-corrected chi connectivity index (χ3v) is 2.00. The minimum atomic E-state index is -0.149. The van der Waals surface area contributed by atoms with Gasteiger partial charge < -0.3 is 9.73 Å². The van der Waals surface area contributed by atoms with Gasteiger partial charge in [-0.25, -0.2) is 4.98 Å². The largest absolute Gasteiger partial charge is 0.441 e. The average molecular weight is 220 g/mol. The highest BCUT2D eigenvalue weighted by Crippen LogP contribution is 2.18. The van der Waals surface area contributed by atoms with Crippen molar-refractivity contribution >= 4 is 17.0 Å². The molecule has 0 saturated carbocycles. The van der Waals surface area contributed by atoms with Crippen LogP contribution in [0.1, 0.15) is 30.1 Å². The van der Waals surface area contributed by atoms with E-state index in [-0.39, 0.29) is 5.91 Å². The van der Waals surface area contributed by atoms with Gasteiger partial charge in [0.2, 0.25) is 0 Å². The van der Waals surface area contributed by atoms with Crippen molar-refractivity contribution in [1.29, 1.82) is 0 Å². The van der Waals surface area contributed by atoms with Gasteiger partial charge in [-0.1, -0.05) is 19.9 Å². The van der Waals surface area contributed by atoms with Crippen LogP contribution in [0.2, 0.25) is 0 Å². The van der Waals surface area contributed by atoms with E-state index in [2.05, 4.69) is 10.3 Å². The van der Waals surface area contributed by atoms with E-state index in [1.807, 2.05) is 13.8 Å². The highest BCUT2D eigenvalue weighted by atomic mass is 16.3. The molecule has 1 amide bonds. The molecule has 1 aromatic carbocycles. The summed E-state index contributed by atoms with van der Waals surface area (Å²) in [6.45, 7) is 5.76. The molecule has 2 aromatic rings. The molecule has 0 aliphatic heterocycles. The Labute approximate surface area is 94.7 Å². The number of rotatable bonds is 1. The Balaban J connectivity index is 0.000000606. The molecule has 1 heterocycles. The van der Waals surface area contributed by atoms with Gasteiger partial charge in [-0.2, -0.15) is 0 Å². The number of benzene rings is 1. The Kier molecular flexibility index (Phi) is 4.05. The Morgan fingerprint density at radius 1 is 1.38 bits per heavy atom. The van der Waals surface area contributed by atoms with Gasteiger partial charge in [0.15, 0.2) is 11.5 Å². The third kappa shape index (κ3) is 2.21. The molecule has 16 heavy (non-hydrogen) atoms. The number of aryl methyl sites for hydroxylation is 1. The molecule has 86 valence electrons. The van der Waals surface area contributed by atoms with Gasteiger partial charge in [-0.15, -0.1) is 0 Å². The van der Waals surface area contributed by atoms with Crippen LogP contribution in [-0.4, -0.2) is 17.9 Å². The maximum Gasteiger partial charge on any atom is 0.253 e. The smallest absolute Gasteiger partial charge is 0.253 e. The van der Waals surface area contributed by atoms with Gasteiger partial charge in [0.25, 0.3) is 5.91 Å². The zero-order chi connectivity index (χ0) is 12.1. The lowest BCUT2D eigenvalue weighted by atomic mass is 10.2. The normalized spacial score (nSPS) is 9.50. The first-order valence-electron chi connectivity index (χ1n) is 5.30. The Morgan fingerprint density at radius 2 is 2.06 bits per heavy atom. The Hall–Kier alpha value is -1.84. The molecule has 0 unspecified atom stereocenters. The van der Waals surface area contributed by atoms with E-state index < -0.39 is 0 Å². The van der Waals surface area contributed by atoms with E-state index in [1.54, 1.807) is 32.2 Å². The molecule has 0 radical (unpaired) electrons. The molecule has 1 N–H and O–H groups in total. The SMILES string of the molecule is CC.CNC(=O)c1cccc2oc(C)nc12. The number of hydrogen-bond donors (Lipinski definition) is 1. The standard InChI is InChI=1S/C10H10N2O2.C2H6/c1-6-12-9-7(10(13)11-2)4-3-5-8(9)14-6;1-2/h3-5H,1-2H3,(H,11,13);1-2H3. The van der Waals surface area contributed by atoms with Gasteiger partial charge >= 0.3 is 0 Å². The van der Waals surface area contributed by atoms with Crippen molar-refractivity contribution in [3.8, 4) is 0 Å². The summed E-state index contributed by atoms with van der Waals surface area (Å²) in [7, 11) is 1.59. The second-order valence-electron chi connectivity index (χ2n) is 2.96. The number of amides is 1. The topological polar surface area (TPSA) is 55.1 Å². The van der Waals surface area contributed by atoms with Crippen LogP contribution >= 0.6 is 0 Å². The van der Waals surface area contributed by atoms with Crippen LogP contribution < -0.4 is 5.32 Å². The summed E-state index contributed by atoms with van der Waals surface area (Å²) in [5.41, 5.74) is 1.80. The molecule has 0 spiro atoms. The lowest BCUT2D eigenvalue weighted by Crippen LogP contribution is -2.18. The average Bonchev–Trinajstić information content (AvgIpc) is 2.70. The summed E-state index contributed by atoms with van der Waals surface area (Å²) in [5.74, 6) is 0.417. The highest BCUT2D eigenvalue weighted by Gasteiger charge is 2.11. The number of carbonyl (C=O) groups is 1. The fraction of sp³-hybridized carbons (Fsp3) is 0.333. The van der Waals surface area contributed by atoms with E-state index in [0.29, 0.717) is 22.6 Å². The molecule has 0 saturated heterocycles. The summed E-state index contributed by atoms with van der Waals surface area (Å²) in [6.07, 6.45) is 0. The molecule has 1 aromatic heterocycles. The van der Waals surface area contributed by atoms with E-state index in [1.165, 1.54) is 0 Å². The van der Waals surface area contributed by atoms with Crippen LogP contribution in [0.15, 0.2) is 22.6 Å². The zero-order valence-corrected chi connectivity index (χ0v) is 10.00. The van der Waals surface area contributed by atoms with Crippen molar-refractivity contribution in [3.63, 3.8) is 0 Å². The van der Waals surface area contributed by atoms with Crippen LogP contribution in [0.25, 0.3) is 11.1 Å². The molecular weight excluding hydrogens is 204 g/mol.